The molecule has 0 spiro atoms. The van der Waals surface area contributed by atoms with E-state index in [2.05, 4.69) is 39.2 Å². The van der Waals surface area contributed by atoms with E-state index >= 15 is 0 Å². The third kappa shape index (κ3) is 2.28. The van der Waals surface area contributed by atoms with Gasteiger partial charge in [-0.3, -0.25) is 0 Å². The highest BCUT2D eigenvalue weighted by molar-refractivity contribution is 7.19. The van der Waals surface area contributed by atoms with Crippen LogP contribution in [0, 0.1) is 13.8 Å². The minimum atomic E-state index is 0.701. The lowest BCUT2D eigenvalue weighted by Gasteiger charge is -2.04. The van der Waals surface area contributed by atoms with Gasteiger partial charge in [0.1, 0.15) is 5.01 Å². The molecule has 4 heterocycles. The zero-order valence-electron chi connectivity index (χ0n) is 14.2. The summed E-state index contributed by atoms with van der Waals surface area (Å²) >= 11 is 1.54. The van der Waals surface area contributed by atoms with E-state index in [1.54, 1.807) is 10.7 Å². The van der Waals surface area contributed by atoms with E-state index < -0.39 is 0 Å². The van der Waals surface area contributed by atoms with Crippen LogP contribution in [0.2, 0.25) is 0 Å². The summed E-state index contributed by atoms with van der Waals surface area (Å²) in [5, 5.41) is 15.3. The number of hydrogen-bond acceptors (Lipinski definition) is 6. The molecule has 0 aliphatic rings. The van der Waals surface area contributed by atoms with Crippen LogP contribution in [0.5, 0.6) is 0 Å². The second-order valence-corrected chi connectivity index (χ2v) is 7.07. The summed E-state index contributed by atoms with van der Waals surface area (Å²) in [5.74, 6) is 0.701. The van der Waals surface area contributed by atoms with Crippen LogP contribution in [0.15, 0.2) is 48.7 Å². The Labute approximate surface area is 153 Å². The lowest BCUT2D eigenvalue weighted by Crippen LogP contribution is -1.97. The number of fused-ring (bicyclic) bond motifs is 2. The molecule has 0 bridgehead atoms. The Balaban J connectivity index is 1.71. The third-order valence-corrected chi connectivity index (χ3v) is 5.32. The average Bonchev–Trinajstić information content (AvgIpc) is 3.22. The van der Waals surface area contributed by atoms with Gasteiger partial charge in [0.25, 0.3) is 0 Å². The highest BCUT2D eigenvalue weighted by Gasteiger charge is 2.17. The zero-order valence-corrected chi connectivity index (χ0v) is 15.0. The minimum Gasteiger partial charge on any atom is -0.237 e. The van der Waals surface area contributed by atoms with E-state index in [4.69, 9.17) is 5.10 Å². The summed E-state index contributed by atoms with van der Waals surface area (Å²) in [4.78, 5) is 9.68. The predicted octanol–water partition coefficient (Wildman–Crippen LogP) is 4.08. The van der Waals surface area contributed by atoms with E-state index in [-0.39, 0.29) is 0 Å². The molecule has 0 radical (unpaired) electrons. The quantitative estimate of drug-likeness (QED) is 0.476. The lowest BCUT2D eigenvalue weighted by molar-refractivity contribution is 0.965. The number of hydrogen-bond donors (Lipinski definition) is 0. The van der Waals surface area contributed by atoms with E-state index in [0.717, 1.165) is 37.8 Å². The summed E-state index contributed by atoms with van der Waals surface area (Å²) in [6.07, 6.45) is 1.75. The van der Waals surface area contributed by atoms with Gasteiger partial charge in [0, 0.05) is 22.7 Å². The number of nitrogens with zero attached hydrogens (tertiary/aromatic N) is 6. The predicted molar refractivity (Wildman–Crippen MR) is 102 cm³/mol. The van der Waals surface area contributed by atoms with Crippen molar-refractivity contribution in [1.82, 2.24) is 29.8 Å². The van der Waals surface area contributed by atoms with E-state index in [1.165, 1.54) is 16.9 Å². The molecule has 0 N–H and O–H groups in total. The summed E-state index contributed by atoms with van der Waals surface area (Å²) in [6.45, 7) is 4.04. The summed E-state index contributed by atoms with van der Waals surface area (Å²) in [6, 6.07) is 14.2. The molecular formula is C19H14N6S. The smallest absolute Gasteiger partial charge is 0.235 e. The number of benzene rings is 1. The van der Waals surface area contributed by atoms with Gasteiger partial charge in [0.05, 0.1) is 5.69 Å². The van der Waals surface area contributed by atoms with Crippen molar-refractivity contribution in [2.45, 2.75) is 13.8 Å². The van der Waals surface area contributed by atoms with Gasteiger partial charge in [0.2, 0.25) is 4.96 Å². The first-order chi connectivity index (χ1) is 12.7. The first-order valence-corrected chi connectivity index (χ1v) is 9.03. The Morgan fingerprint density at radius 1 is 0.962 bits per heavy atom. The van der Waals surface area contributed by atoms with Crippen molar-refractivity contribution in [3.05, 3.63) is 59.9 Å². The second-order valence-electron chi connectivity index (χ2n) is 6.11. The molecule has 0 aliphatic heterocycles. The van der Waals surface area contributed by atoms with Crippen LogP contribution in [0.1, 0.15) is 11.3 Å². The molecular weight excluding hydrogens is 344 g/mol. The highest BCUT2D eigenvalue weighted by atomic mass is 32.1. The van der Waals surface area contributed by atoms with Crippen LogP contribution in [-0.2, 0) is 0 Å². The Morgan fingerprint density at radius 2 is 1.85 bits per heavy atom. The van der Waals surface area contributed by atoms with Crippen molar-refractivity contribution in [2.75, 3.05) is 0 Å². The number of rotatable bonds is 2. The maximum absolute atomic E-state index is 4.77. The van der Waals surface area contributed by atoms with Gasteiger partial charge in [-0.2, -0.15) is 9.61 Å². The summed E-state index contributed by atoms with van der Waals surface area (Å²) in [5.41, 5.74) is 4.81. The van der Waals surface area contributed by atoms with Crippen molar-refractivity contribution in [3.8, 4) is 22.0 Å². The van der Waals surface area contributed by atoms with Crippen molar-refractivity contribution in [1.29, 1.82) is 0 Å². The molecule has 1 aromatic carbocycles. The molecule has 0 amide bonds. The van der Waals surface area contributed by atoms with Gasteiger partial charge in [-0.05, 0) is 37.6 Å². The fraction of sp³-hybridized carbons (Fsp3) is 0.105. The molecule has 0 saturated heterocycles. The van der Waals surface area contributed by atoms with Gasteiger partial charge in [0.15, 0.2) is 11.5 Å². The van der Waals surface area contributed by atoms with Gasteiger partial charge < -0.3 is 0 Å². The van der Waals surface area contributed by atoms with Gasteiger partial charge in [-0.15, -0.1) is 10.2 Å². The molecule has 7 heteroatoms. The first kappa shape index (κ1) is 15.1. The van der Waals surface area contributed by atoms with Gasteiger partial charge in [-0.25, -0.2) is 9.97 Å². The molecule has 0 saturated carbocycles. The Morgan fingerprint density at radius 3 is 2.73 bits per heavy atom. The van der Waals surface area contributed by atoms with Crippen LogP contribution in [-0.4, -0.2) is 29.8 Å². The SMILES string of the molecule is Cc1ccccc1-c1nn2c(-c3cc4cccnc4nc3C)nnc2s1. The van der Waals surface area contributed by atoms with Crippen molar-refractivity contribution in [2.24, 2.45) is 0 Å². The molecule has 5 aromatic rings. The molecule has 0 fully saturated rings. The van der Waals surface area contributed by atoms with Gasteiger partial charge >= 0.3 is 0 Å². The molecule has 26 heavy (non-hydrogen) atoms. The average molecular weight is 358 g/mol. The normalized spacial score (nSPS) is 11.5. The molecule has 126 valence electrons. The number of aryl methyl sites for hydroxylation is 2. The van der Waals surface area contributed by atoms with Crippen LogP contribution < -0.4 is 0 Å². The van der Waals surface area contributed by atoms with Crippen molar-refractivity contribution in [3.63, 3.8) is 0 Å². The Bertz CT molecular complexity index is 1270. The highest BCUT2D eigenvalue weighted by Crippen LogP contribution is 2.31. The van der Waals surface area contributed by atoms with Crippen LogP contribution >= 0.6 is 11.3 Å². The first-order valence-electron chi connectivity index (χ1n) is 8.22. The van der Waals surface area contributed by atoms with E-state index in [0.29, 0.717) is 5.82 Å². The summed E-state index contributed by atoms with van der Waals surface area (Å²) in [7, 11) is 0. The molecule has 6 nitrogen and oxygen atoms in total. The van der Waals surface area contributed by atoms with E-state index in [9.17, 15) is 0 Å². The maximum Gasteiger partial charge on any atom is 0.235 e. The monoisotopic (exact) mass is 358 g/mol. The summed E-state index contributed by atoms with van der Waals surface area (Å²) < 4.78 is 1.80. The Kier molecular flexibility index (Phi) is 3.29. The molecule has 0 atom stereocenters. The fourth-order valence-electron chi connectivity index (χ4n) is 3.03. The largest absolute Gasteiger partial charge is 0.237 e. The number of aromatic nitrogens is 6. The standard InChI is InChI=1S/C19H14N6S/c1-11-6-3-4-8-14(11)18-24-25-17(22-23-19(25)26-18)15-10-13-7-5-9-20-16(13)21-12(15)2/h3-10H,1-2H3. The minimum absolute atomic E-state index is 0.701. The molecule has 5 rings (SSSR count). The lowest BCUT2D eigenvalue weighted by atomic mass is 10.1. The topological polar surface area (TPSA) is 68.9 Å². The van der Waals surface area contributed by atoms with Crippen molar-refractivity contribution < 1.29 is 0 Å². The van der Waals surface area contributed by atoms with Crippen molar-refractivity contribution >= 4 is 27.3 Å². The van der Waals surface area contributed by atoms with Crippen LogP contribution in [0.3, 0.4) is 0 Å². The second kappa shape index (κ2) is 5.67. The fourth-order valence-corrected chi connectivity index (χ4v) is 3.96. The Hall–Kier alpha value is -3.19. The molecule has 0 aliphatic carbocycles. The van der Waals surface area contributed by atoms with Gasteiger partial charge in [-0.1, -0.05) is 35.6 Å². The molecule has 4 aromatic heterocycles. The van der Waals surface area contributed by atoms with Crippen LogP contribution in [0.25, 0.3) is 38.0 Å². The zero-order chi connectivity index (χ0) is 17.7. The maximum atomic E-state index is 4.77. The number of pyridine rings is 2. The molecule has 0 unspecified atom stereocenters. The third-order valence-electron chi connectivity index (χ3n) is 4.39. The van der Waals surface area contributed by atoms with Crippen LogP contribution in [0.4, 0.5) is 0 Å². The van der Waals surface area contributed by atoms with E-state index in [1.807, 2.05) is 37.3 Å².